The minimum Gasteiger partial charge on any atom is -0.381 e. The van der Waals surface area contributed by atoms with Crippen LogP contribution in [0.2, 0.25) is 0 Å². The van der Waals surface area contributed by atoms with Crippen LogP contribution in [0.3, 0.4) is 0 Å². The number of rotatable bonds is 7. The summed E-state index contributed by atoms with van der Waals surface area (Å²) in [6.07, 6.45) is 2.90. The number of amides is 1. The van der Waals surface area contributed by atoms with Crippen LogP contribution in [0.4, 0.5) is 0 Å². The first-order valence-electron chi connectivity index (χ1n) is 9.03. The largest absolute Gasteiger partial charge is 0.381 e. The van der Waals surface area contributed by atoms with Crippen LogP contribution in [-0.4, -0.2) is 36.9 Å². The molecule has 26 heavy (non-hydrogen) atoms. The lowest BCUT2D eigenvalue weighted by Crippen LogP contribution is -2.20. The van der Waals surface area contributed by atoms with E-state index < -0.39 is 0 Å². The van der Waals surface area contributed by atoms with Gasteiger partial charge < -0.3 is 10.1 Å². The molecule has 1 N–H and O–H groups in total. The van der Waals surface area contributed by atoms with Crippen molar-refractivity contribution in [3.05, 3.63) is 65.0 Å². The normalized spacial score (nSPS) is 16.4. The molecule has 0 saturated carbocycles. The number of nitrogens with zero attached hydrogens (tertiary/aromatic N) is 1. The van der Waals surface area contributed by atoms with Crippen molar-refractivity contribution in [1.82, 2.24) is 10.3 Å². The third-order valence-electron chi connectivity index (χ3n) is 4.69. The molecule has 2 heterocycles. The van der Waals surface area contributed by atoms with Crippen molar-refractivity contribution in [2.75, 3.05) is 20.3 Å². The molecule has 1 amide bonds. The van der Waals surface area contributed by atoms with Crippen LogP contribution in [0.15, 0.2) is 42.5 Å². The maximum Gasteiger partial charge on any atom is 0.269 e. The fraction of sp³-hybridized carbons (Fsp3) is 0.381. The van der Waals surface area contributed by atoms with Gasteiger partial charge in [0.15, 0.2) is 5.78 Å². The van der Waals surface area contributed by atoms with E-state index >= 15 is 0 Å². The molecule has 3 rings (SSSR count). The molecule has 0 aliphatic carbocycles. The molecule has 0 bridgehead atoms. The van der Waals surface area contributed by atoms with Crippen molar-refractivity contribution < 1.29 is 14.3 Å². The Morgan fingerprint density at radius 2 is 2.04 bits per heavy atom. The van der Waals surface area contributed by atoms with E-state index in [1.165, 1.54) is 0 Å². The fourth-order valence-corrected chi connectivity index (χ4v) is 3.18. The molecule has 5 nitrogen and oxygen atoms in total. The van der Waals surface area contributed by atoms with Gasteiger partial charge in [0, 0.05) is 44.4 Å². The highest BCUT2D eigenvalue weighted by Crippen LogP contribution is 2.20. The minimum atomic E-state index is -0.279. The fourth-order valence-electron chi connectivity index (χ4n) is 3.18. The van der Waals surface area contributed by atoms with Crippen LogP contribution in [0.5, 0.6) is 0 Å². The van der Waals surface area contributed by atoms with Crippen LogP contribution >= 0.6 is 0 Å². The van der Waals surface area contributed by atoms with E-state index in [-0.39, 0.29) is 17.4 Å². The highest BCUT2D eigenvalue weighted by molar-refractivity contribution is 5.99. The lowest BCUT2D eigenvalue weighted by Gasteiger charge is -2.10. The van der Waals surface area contributed by atoms with Gasteiger partial charge in [0.25, 0.3) is 5.91 Å². The van der Waals surface area contributed by atoms with Gasteiger partial charge in [0.1, 0.15) is 5.69 Å². The summed E-state index contributed by atoms with van der Waals surface area (Å²) in [5.41, 5.74) is 2.66. The average molecular weight is 352 g/mol. The van der Waals surface area contributed by atoms with E-state index in [1.807, 2.05) is 36.4 Å². The number of ether oxygens (including phenoxy) is 1. The van der Waals surface area contributed by atoms with Crippen molar-refractivity contribution >= 4 is 11.7 Å². The highest BCUT2D eigenvalue weighted by Gasteiger charge is 2.19. The molecule has 0 spiro atoms. The second-order valence-electron chi connectivity index (χ2n) is 6.67. The van der Waals surface area contributed by atoms with Gasteiger partial charge in [-0.15, -0.1) is 0 Å². The number of aromatic nitrogens is 1. The molecule has 1 aromatic carbocycles. The van der Waals surface area contributed by atoms with Crippen molar-refractivity contribution in [2.45, 2.75) is 25.7 Å². The minimum absolute atomic E-state index is 0.0544. The molecule has 1 atom stereocenters. The number of nitrogens with one attached hydrogen (secondary N) is 1. The van der Waals surface area contributed by atoms with Crippen LogP contribution in [-0.2, 0) is 11.2 Å². The number of Topliss-reactive ketones (excluding diaryl/α,β-unsaturated/α-hetero) is 1. The Bertz CT molecular complexity index is 768. The van der Waals surface area contributed by atoms with Crippen molar-refractivity contribution in [1.29, 1.82) is 0 Å². The highest BCUT2D eigenvalue weighted by atomic mass is 16.5. The van der Waals surface area contributed by atoms with Crippen molar-refractivity contribution in [3.63, 3.8) is 0 Å². The summed E-state index contributed by atoms with van der Waals surface area (Å²) < 4.78 is 5.37. The zero-order chi connectivity index (χ0) is 18.4. The van der Waals surface area contributed by atoms with Gasteiger partial charge in [-0.1, -0.05) is 30.3 Å². The van der Waals surface area contributed by atoms with Gasteiger partial charge >= 0.3 is 0 Å². The second kappa shape index (κ2) is 8.72. The molecule has 2 aromatic rings. The van der Waals surface area contributed by atoms with Gasteiger partial charge in [0.2, 0.25) is 0 Å². The maximum atomic E-state index is 12.7. The van der Waals surface area contributed by atoms with Crippen LogP contribution in [0.25, 0.3) is 0 Å². The van der Waals surface area contributed by atoms with Crippen LogP contribution < -0.4 is 5.32 Å². The smallest absolute Gasteiger partial charge is 0.269 e. The quantitative estimate of drug-likeness (QED) is 0.778. The van der Waals surface area contributed by atoms with E-state index in [1.54, 1.807) is 13.1 Å². The Morgan fingerprint density at radius 1 is 1.23 bits per heavy atom. The van der Waals surface area contributed by atoms with Crippen molar-refractivity contribution in [2.24, 2.45) is 5.92 Å². The summed E-state index contributed by atoms with van der Waals surface area (Å²) in [5, 5.41) is 2.59. The number of benzene rings is 1. The summed E-state index contributed by atoms with van der Waals surface area (Å²) in [5.74, 6) is 0.236. The molecule has 1 fully saturated rings. The Labute approximate surface area is 153 Å². The number of carbonyl (C=O) groups excluding carboxylic acids is 2. The Morgan fingerprint density at radius 3 is 2.73 bits per heavy atom. The molecule has 5 heteroatoms. The van der Waals surface area contributed by atoms with Gasteiger partial charge in [-0.25, -0.2) is 4.98 Å². The first-order chi connectivity index (χ1) is 12.7. The third kappa shape index (κ3) is 4.76. The Hall–Kier alpha value is -2.53. The van der Waals surface area contributed by atoms with E-state index in [4.69, 9.17) is 4.74 Å². The predicted molar refractivity (Wildman–Crippen MR) is 99.4 cm³/mol. The molecular weight excluding hydrogens is 328 g/mol. The monoisotopic (exact) mass is 352 g/mol. The topological polar surface area (TPSA) is 68.3 Å². The molecule has 1 aliphatic rings. The number of hydrogen-bond acceptors (Lipinski definition) is 4. The molecule has 1 unspecified atom stereocenters. The number of hydrogen-bond donors (Lipinski definition) is 1. The summed E-state index contributed by atoms with van der Waals surface area (Å²) >= 11 is 0. The standard InChI is InChI=1S/C21H24N2O3/c1-22-21(25)19-13-17(20(24)8-7-16-9-10-26-14-16)12-18(23-19)11-15-5-3-2-4-6-15/h2-6,12-13,16H,7-11,14H2,1H3,(H,22,25). The number of carbonyl (C=O) groups is 2. The zero-order valence-electron chi connectivity index (χ0n) is 15.0. The Kier molecular flexibility index (Phi) is 6.12. The Balaban J connectivity index is 1.79. The molecular formula is C21H24N2O3. The van der Waals surface area contributed by atoms with Crippen LogP contribution in [0.1, 0.15) is 51.4 Å². The molecule has 1 aromatic heterocycles. The van der Waals surface area contributed by atoms with E-state index in [2.05, 4.69) is 10.3 Å². The lowest BCUT2D eigenvalue weighted by atomic mass is 9.97. The van der Waals surface area contributed by atoms with Gasteiger partial charge in [-0.3, -0.25) is 9.59 Å². The maximum absolute atomic E-state index is 12.7. The summed E-state index contributed by atoms with van der Waals surface area (Å²) in [4.78, 5) is 29.2. The third-order valence-corrected chi connectivity index (χ3v) is 4.69. The lowest BCUT2D eigenvalue weighted by molar-refractivity contribution is 0.0958. The molecule has 1 aliphatic heterocycles. The zero-order valence-corrected chi connectivity index (χ0v) is 15.0. The SMILES string of the molecule is CNC(=O)c1cc(C(=O)CCC2CCOC2)cc(Cc2ccccc2)n1. The van der Waals surface area contributed by atoms with Gasteiger partial charge in [-0.2, -0.15) is 0 Å². The predicted octanol–water partition coefficient (Wildman–Crippen LogP) is 3.03. The summed E-state index contributed by atoms with van der Waals surface area (Å²) in [6, 6.07) is 13.3. The van der Waals surface area contributed by atoms with E-state index in [9.17, 15) is 9.59 Å². The summed E-state index contributed by atoms with van der Waals surface area (Å²) in [6.45, 7) is 1.53. The van der Waals surface area contributed by atoms with E-state index in [0.29, 0.717) is 24.3 Å². The first kappa shape index (κ1) is 18.3. The van der Waals surface area contributed by atoms with Gasteiger partial charge in [-0.05, 0) is 36.5 Å². The number of ketones is 1. The second-order valence-corrected chi connectivity index (χ2v) is 6.67. The molecule has 1 saturated heterocycles. The first-order valence-corrected chi connectivity index (χ1v) is 9.03. The van der Waals surface area contributed by atoms with Gasteiger partial charge in [0.05, 0.1) is 0 Å². The summed E-state index contributed by atoms with van der Waals surface area (Å²) in [7, 11) is 1.56. The molecule has 136 valence electrons. The number of pyridine rings is 1. The van der Waals surface area contributed by atoms with Crippen molar-refractivity contribution in [3.8, 4) is 0 Å². The average Bonchev–Trinajstić information content (AvgIpc) is 3.19. The van der Waals surface area contributed by atoms with Crippen LogP contribution in [0, 0.1) is 5.92 Å². The van der Waals surface area contributed by atoms with E-state index in [0.717, 1.165) is 37.3 Å². The molecule has 0 radical (unpaired) electrons.